The summed E-state index contributed by atoms with van der Waals surface area (Å²) in [4.78, 5) is 13.4. The molecule has 1 fully saturated rings. The Morgan fingerprint density at radius 3 is 2.34 bits per heavy atom. The summed E-state index contributed by atoms with van der Waals surface area (Å²) in [6.07, 6.45) is 6.23. The van der Waals surface area contributed by atoms with Gasteiger partial charge in [0.1, 0.15) is 5.82 Å². The van der Waals surface area contributed by atoms with E-state index < -0.39 is 0 Å². The van der Waals surface area contributed by atoms with Crippen molar-refractivity contribution < 1.29 is 0 Å². The highest BCUT2D eigenvalue weighted by atomic mass is 35.5. The first kappa shape index (κ1) is 18.7. The van der Waals surface area contributed by atoms with Gasteiger partial charge in [-0.1, -0.05) is 78.9 Å². The molecule has 5 rings (SSSR count). The molecule has 3 nitrogen and oxygen atoms in total. The second-order valence-electron chi connectivity index (χ2n) is 7.71. The van der Waals surface area contributed by atoms with Crippen LogP contribution in [0, 0.1) is 0 Å². The summed E-state index contributed by atoms with van der Waals surface area (Å²) in [5.74, 6) is 1.54. The Morgan fingerprint density at radius 1 is 0.793 bits per heavy atom. The van der Waals surface area contributed by atoms with Gasteiger partial charge in [-0.05, 0) is 36.6 Å². The normalized spacial score (nSPS) is 15.1. The maximum Gasteiger partial charge on any atom is 0.178 e. The number of imidazole rings is 1. The minimum atomic E-state index is 0.486. The van der Waals surface area contributed by atoms with Crippen molar-refractivity contribution in [2.24, 2.45) is 0 Å². The molecule has 29 heavy (non-hydrogen) atoms. The van der Waals surface area contributed by atoms with Crippen LogP contribution in [-0.4, -0.2) is 15.0 Å². The van der Waals surface area contributed by atoms with Crippen LogP contribution in [0.4, 0.5) is 0 Å². The smallest absolute Gasteiger partial charge is 0.178 e. The van der Waals surface area contributed by atoms with Crippen molar-refractivity contribution in [1.82, 2.24) is 15.0 Å². The maximum absolute atomic E-state index is 6.33. The third-order valence-electron chi connectivity index (χ3n) is 5.77. The van der Waals surface area contributed by atoms with Gasteiger partial charge >= 0.3 is 0 Å². The molecule has 2 aromatic heterocycles. The number of hydrogen-bond acceptors (Lipinski definition) is 2. The molecular formula is C24H21Cl2N3. The number of nitrogens with zero attached hydrogens (tertiary/aromatic N) is 2. The van der Waals surface area contributed by atoms with Gasteiger partial charge in [0.15, 0.2) is 5.65 Å². The van der Waals surface area contributed by atoms with E-state index in [1.54, 1.807) is 0 Å². The van der Waals surface area contributed by atoms with Crippen molar-refractivity contribution in [2.45, 2.75) is 38.0 Å². The standard InChI is InChI=1S/C24H21Cl2N3/c25-19-12-11-17(13-20(19)26)18-14-21(15-7-3-1-4-8-15)27-24-22(18)28-23(29-24)16-9-5-2-6-10-16/h1,3-4,7-8,11-14,16H,2,5-6,9-10H2,(H,27,28,29). The summed E-state index contributed by atoms with van der Waals surface area (Å²) in [6.45, 7) is 0. The van der Waals surface area contributed by atoms with Gasteiger partial charge in [0.25, 0.3) is 0 Å². The van der Waals surface area contributed by atoms with Gasteiger partial charge in [-0.2, -0.15) is 0 Å². The first-order valence-electron chi connectivity index (χ1n) is 10.1. The predicted molar refractivity (Wildman–Crippen MR) is 121 cm³/mol. The fourth-order valence-corrected chi connectivity index (χ4v) is 4.52. The first-order chi connectivity index (χ1) is 14.2. The van der Waals surface area contributed by atoms with Gasteiger partial charge in [0.05, 0.1) is 21.3 Å². The summed E-state index contributed by atoms with van der Waals surface area (Å²) >= 11 is 12.5. The number of nitrogens with one attached hydrogen (secondary N) is 1. The average molecular weight is 422 g/mol. The molecule has 0 amide bonds. The van der Waals surface area contributed by atoms with E-state index in [-0.39, 0.29) is 0 Å². The Kier molecular flexibility index (Phi) is 5.03. The number of pyridine rings is 1. The molecule has 0 bridgehead atoms. The van der Waals surface area contributed by atoms with Crippen LogP contribution in [-0.2, 0) is 0 Å². The fourth-order valence-electron chi connectivity index (χ4n) is 4.22. The molecule has 1 saturated carbocycles. The van der Waals surface area contributed by atoms with E-state index in [2.05, 4.69) is 23.2 Å². The lowest BCUT2D eigenvalue weighted by atomic mass is 9.89. The molecule has 0 atom stereocenters. The van der Waals surface area contributed by atoms with Gasteiger partial charge in [0, 0.05) is 17.0 Å². The van der Waals surface area contributed by atoms with Crippen LogP contribution in [0.5, 0.6) is 0 Å². The second kappa shape index (κ2) is 7.81. The highest BCUT2D eigenvalue weighted by Crippen LogP contribution is 2.37. The zero-order valence-electron chi connectivity index (χ0n) is 16.0. The SMILES string of the molecule is Clc1ccc(-c2cc(-c3ccccc3)nc3nc(C4CCCCC4)[nH]c23)cc1Cl. The molecular weight excluding hydrogens is 401 g/mol. The number of H-pyrrole nitrogens is 1. The molecule has 2 aromatic carbocycles. The van der Waals surface area contributed by atoms with Crippen LogP contribution in [0.15, 0.2) is 54.6 Å². The van der Waals surface area contributed by atoms with Crippen LogP contribution in [0.1, 0.15) is 43.8 Å². The Hall–Kier alpha value is -2.36. The molecule has 0 saturated heterocycles. The van der Waals surface area contributed by atoms with Crippen molar-refractivity contribution in [3.05, 3.63) is 70.5 Å². The number of halogens is 2. The van der Waals surface area contributed by atoms with Crippen LogP contribution in [0.2, 0.25) is 10.0 Å². The summed E-state index contributed by atoms with van der Waals surface area (Å²) in [5.41, 5.74) is 5.74. The minimum absolute atomic E-state index is 0.486. The lowest BCUT2D eigenvalue weighted by molar-refractivity contribution is 0.431. The summed E-state index contributed by atoms with van der Waals surface area (Å²) in [6, 6.07) is 18.1. The Morgan fingerprint density at radius 2 is 1.59 bits per heavy atom. The number of hydrogen-bond donors (Lipinski definition) is 1. The van der Waals surface area contributed by atoms with Crippen molar-refractivity contribution >= 4 is 34.4 Å². The molecule has 2 heterocycles. The maximum atomic E-state index is 6.33. The van der Waals surface area contributed by atoms with Crippen molar-refractivity contribution in [1.29, 1.82) is 0 Å². The molecule has 5 heteroatoms. The molecule has 0 aliphatic heterocycles. The van der Waals surface area contributed by atoms with E-state index in [0.29, 0.717) is 16.0 Å². The highest BCUT2D eigenvalue weighted by molar-refractivity contribution is 6.42. The van der Waals surface area contributed by atoms with Gasteiger partial charge in [-0.25, -0.2) is 9.97 Å². The van der Waals surface area contributed by atoms with E-state index >= 15 is 0 Å². The van der Waals surface area contributed by atoms with E-state index in [1.807, 2.05) is 36.4 Å². The topological polar surface area (TPSA) is 41.6 Å². The molecule has 0 radical (unpaired) electrons. The molecule has 1 aliphatic rings. The van der Waals surface area contributed by atoms with E-state index in [1.165, 1.54) is 32.1 Å². The Bertz CT molecular complexity index is 1160. The highest BCUT2D eigenvalue weighted by Gasteiger charge is 2.21. The Balaban J connectivity index is 1.71. The number of aromatic nitrogens is 3. The van der Waals surface area contributed by atoms with E-state index in [4.69, 9.17) is 33.2 Å². The number of benzene rings is 2. The van der Waals surface area contributed by atoms with Crippen molar-refractivity contribution in [3.8, 4) is 22.4 Å². The lowest BCUT2D eigenvalue weighted by Gasteiger charge is -2.18. The zero-order chi connectivity index (χ0) is 19.8. The summed E-state index contributed by atoms with van der Waals surface area (Å²) in [7, 11) is 0. The van der Waals surface area contributed by atoms with Gasteiger partial charge < -0.3 is 4.98 Å². The van der Waals surface area contributed by atoms with Crippen molar-refractivity contribution in [3.63, 3.8) is 0 Å². The number of aromatic amines is 1. The van der Waals surface area contributed by atoms with Crippen LogP contribution >= 0.6 is 23.2 Å². The fraction of sp³-hybridized carbons (Fsp3) is 0.250. The molecule has 1 N–H and O–H groups in total. The molecule has 0 spiro atoms. The quantitative estimate of drug-likeness (QED) is 0.368. The second-order valence-corrected chi connectivity index (χ2v) is 8.52. The monoisotopic (exact) mass is 421 g/mol. The van der Waals surface area contributed by atoms with Gasteiger partial charge in [0.2, 0.25) is 0 Å². The molecule has 1 aliphatic carbocycles. The number of fused-ring (bicyclic) bond motifs is 1. The Labute approximate surface area is 180 Å². The van der Waals surface area contributed by atoms with Crippen LogP contribution in [0.3, 0.4) is 0 Å². The van der Waals surface area contributed by atoms with Crippen LogP contribution < -0.4 is 0 Å². The zero-order valence-corrected chi connectivity index (χ0v) is 17.5. The molecule has 4 aromatic rings. The predicted octanol–water partition coefficient (Wildman–Crippen LogP) is 7.65. The lowest BCUT2D eigenvalue weighted by Crippen LogP contribution is -2.05. The summed E-state index contributed by atoms with van der Waals surface area (Å²) < 4.78 is 0. The van der Waals surface area contributed by atoms with E-state index in [0.717, 1.165) is 39.4 Å². The van der Waals surface area contributed by atoms with Gasteiger partial charge in [-0.3, -0.25) is 0 Å². The summed E-state index contributed by atoms with van der Waals surface area (Å²) in [5, 5.41) is 1.10. The number of rotatable bonds is 3. The van der Waals surface area contributed by atoms with Gasteiger partial charge in [-0.15, -0.1) is 0 Å². The third-order valence-corrected chi connectivity index (χ3v) is 6.51. The largest absolute Gasteiger partial charge is 0.340 e. The first-order valence-corrected chi connectivity index (χ1v) is 10.9. The molecule has 0 unspecified atom stereocenters. The van der Waals surface area contributed by atoms with Crippen LogP contribution in [0.25, 0.3) is 33.5 Å². The minimum Gasteiger partial charge on any atom is -0.340 e. The van der Waals surface area contributed by atoms with E-state index in [9.17, 15) is 0 Å². The molecule has 146 valence electrons. The third kappa shape index (κ3) is 3.65. The average Bonchev–Trinajstić information content (AvgIpc) is 3.20. The van der Waals surface area contributed by atoms with Crippen molar-refractivity contribution in [2.75, 3.05) is 0 Å².